The van der Waals surface area contributed by atoms with Gasteiger partial charge in [-0.05, 0) is 30.5 Å². The summed E-state index contributed by atoms with van der Waals surface area (Å²) in [4.78, 5) is 0. The van der Waals surface area contributed by atoms with Crippen LogP contribution >= 0.6 is 0 Å². The van der Waals surface area contributed by atoms with Crippen LogP contribution in [0.5, 0.6) is 0 Å². The highest BCUT2D eigenvalue weighted by Gasteiger charge is 2.35. The third-order valence-electron chi connectivity index (χ3n) is 3.78. The molecule has 0 saturated carbocycles. The first kappa shape index (κ1) is 16.2. The Morgan fingerprint density at radius 2 is 1.90 bits per heavy atom. The van der Waals surface area contributed by atoms with Crippen molar-refractivity contribution in [1.82, 2.24) is 5.32 Å². The lowest BCUT2D eigenvalue weighted by atomic mass is 9.90. The first-order valence-electron chi connectivity index (χ1n) is 6.66. The molecule has 1 heterocycles. The van der Waals surface area contributed by atoms with Gasteiger partial charge in [-0.3, -0.25) is 0 Å². The highest BCUT2D eigenvalue weighted by molar-refractivity contribution is 5.30. The summed E-state index contributed by atoms with van der Waals surface area (Å²) in [5, 5.41) is 12.5. The van der Waals surface area contributed by atoms with Crippen LogP contribution in [0.1, 0.15) is 24.0 Å². The fourth-order valence-corrected chi connectivity index (χ4v) is 2.40. The number of aliphatic hydroxyl groups excluding tert-OH is 1. The highest BCUT2D eigenvalue weighted by Crippen LogP contribution is 2.33. The molecule has 0 spiro atoms. The van der Waals surface area contributed by atoms with E-state index in [-0.39, 0.29) is 18.7 Å². The molecule has 1 aromatic rings. The molecular weight excluding hydrogens is 290 g/mol. The Labute approximate surface area is 119 Å². The number of halogens is 4. The highest BCUT2D eigenvalue weighted by atomic mass is 19.4. The minimum Gasteiger partial charge on any atom is -0.394 e. The lowest BCUT2D eigenvalue weighted by Gasteiger charge is -2.36. The Balaban J connectivity index is 2.16. The maximum atomic E-state index is 13.0. The van der Waals surface area contributed by atoms with E-state index in [1.165, 1.54) is 0 Å². The standard InChI is InChI=1S/C14H17F4NO2/c15-11-2-1-10(12(7-11)14(16,17)18)8-19-13(9-20)3-5-21-6-4-13/h1-2,7,19-20H,3-6,8-9H2. The predicted octanol–water partition coefficient (Wildman–Crippen LogP) is 2.48. The second kappa shape index (κ2) is 6.29. The van der Waals surface area contributed by atoms with Gasteiger partial charge in [-0.1, -0.05) is 6.07 Å². The summed E-state index contributed by atoms with van der Waals surface area (Å²) in [5.74, 6) is -0.922. The zero-order chi connectivity index (χ0) is 15.5. The monoisotopic (exact) mass is 307 g/mol. The number of hydrogen-bond donors (Lipinski definition) is 2. The second-order valence-corrected chi connectivity index (χ2v) is 5.20. The molecule has 1 fully saturated rings. The van der Waals surface area contributed by atoms with E-state index >= 15 is 0 Å². The van der Waals surface area contributed by atoms with Gasteiger partial charge in [0.05, 0.1) is 12.2 Å². The van der Waals surface area contributed by atoms with Gasteiger partial charge in [-0.15, -0.1) is 0 Å². The van der Waals surface area contributed by atoms with Crippen LogP contribution in [0.25, 0.3) is 0 Å². The van der Waals surface area contributed by atoms with Crippen LogP contribution in [0.4, 0.5) is 17.6 Å². The van der Waals surface area contributed by atoms with Crippen molar-refractivity contribution in [2.24, 2.45) is 0 Å². The van der Waals surface area contributed by atoms with E-state index < -0.39 is 23.1 Å². The van der Waals surface area contributed by atoms with Crippen LogP contribution in [0.2, 0.25) is 0 Å². The molecule has 3 nitrogen and oxygen atoms in total. The van der Waals surface area contributed by atoms with Crippen LogP contribution < -0.4 is 5.32 Å². The summed E-state index contributed by atoms with van der Waals surface area (Å²) >= 11 is 0. The number of hydrogen-bond acceptors (Lipinski definition) is 3. The van der Waals surface area contributed by atoms with E-state index in [1.54, 1.807) is 0 Å². The number of ether oxygens (including phenoxy) is 1. The van der Waals surface area contributed by atoms with E-state index in [0.717, 1.165) is 12.1 Å². The SMILES string of the molecule is OCC1(NCc2ccc(F)cc2C(F)(F)F)CCOCC1. The minimum atomic E-state index is -4.61. The number of alkyl halides is 3. The quantitative estimate of drug-likeness (QED) is 0.840. The van der Waals surface area contributed by atoms with E-state index in [1.807, 2.05) is 0 Å². The van der Waals surface area contributed by atoms with E-state index in [4.69, 9.17) is 4.74 Å². The molecule has 0 atom stereocenters. The van der Waals surface area contributed by atoms with Crippen molar-refractivity contribution in [3.8, 4) is 0 Å². The summed E-state index contributed by atoms with van der Waals surface area (Å²) in [5.41, 5.74) is -1.67. The van der Waals surface area contributed by atoms with Gasteiger partial charge in [0.25, 0.3) is 0 Å². The van der Waals surface area contributed by atoms with Crippen molar-refractivity contribution >= 4 is 0 Å². The molecule has 0 amide bonds. The molecule has 21 heavy (non-hydrogen) atoms. The lowest BCUT2D eigenvalue weighted by molar-refractivity contribution is -0.138. The molecule has 1 aliphatic heterocycles. The smallest absolute Gasteiger partial charge is 0.394 e. The van der Waals surface area contributed by atoms with Gasteiger partial charge in [-0.2, -0.15) is 13.2 Å². The van der Waals surface area contributed by atoms with Gasteiger partial charge in [0.15, 0.2) is 0 Å². The Kier molecular flexibility index (Phi) is 4.85. The Morgan fingerprint density at radius 3 is 2.48 bits per heavy atom. The Morgan fingerprint density at radius 1 is 1.24 bits per heavy atom. The maximum Gasteiger partial charge on any atom is 0.416 e. The molecule has 118 valence electrons. The molecule has 2 N–H and O–H groups in total. The third-order valence-corrected chi connectivity index (χ3v) is 3.78. The number of nitrogens with one attached hydrogen (secondary N) is 1. The zero-order valence-corrected chi connectivity index (χ0v) is 11.3. The molecular formula is C14H17F4NO2. The van der Waals surface area contributed by atoms with Gasteiger partial charge < -0.3 is 15.2 Å². The number of benzene rings is 1. The third kappa shape index (κ3) is 3.93. The second-order valence-electron chi connectivity index (χ2n) is 5.20. The average molecular weight is 307 g/mol. The summed E-state index contributed by atoms with van der Waals surface area (Å²) in [6, 6.07) is 2.62. The van der Waals surface area contributed by atoms with Gasteiger partial charge in [0.1, 0.15) is 5.82 Å². The molecule has 2 rings (SSSR count). The van der Waals surface area contributed by atoms with Crippen molar-refractivity contribution in [1.29, 1.82) is 0 Å². The van der Waals surface area contributed by atoms with Gasteiger partial charge >= 0.3 is 6.18 Å². The molecule has 0 aromatic heterocycles. The van der Waals surface area contributed by atoms with Crippen LogP contribution in [0.3, 0.4) is 0 Å². The van der Waals surface area contributed by atoms with E-state index in [9.17, 15) is 22.7 Å². The molecule has 7 heteroatoms. The number of rotatable bonds is 4. The number of aliphatic hydroxyl groups is 1. The van der Waals surface area contributed by atoms with Crippen LogP contribution in [-0.2, 0) is 17.5 Å². The predicted molar refractivity (Wildman–Crippen MR) is 68.1 cm³/mol. The lowest BCUT2D eigenvalue weighted by Crippen LogP contribution is -2.52. The summed E-state index contributed by atoms with van der Waals surface area (Å²) in [6.45, 7) is 0.626. The molecule has 0 aliphatic carbocycles. The first-order valence-corrected chi connectivity index (χ1v) is 6.66. The molecule has 1 aliphatic rings. The van der Waals surface area contributed by atoms with Crippen molar-refractivity contribution < 1.29 is 27.4 Å². The topological polar surface area (TPSA) is 41.5 Å². The van der Waals surface area contributed by atoms with Crippen molar-refractivity contribution in [3.63, 3.8) is 0 Å². The van der Waals surface area contributed by atoms with Crippen LogP contribution in [-0.4, -0.2) is 30.5 Å². The maximum absolute atomic E-state index is 13.0. The Bertz CT molecular complexity index is 484. The van der Waals surface area contributed by atoms with Crippen LogP contribution in [0, 0.1) is 5.82 Å². The van der Waals surface area contributed by atoms with Crippen LogP contribution in [0.15, 0.2) is 18.2 Å². The van der Waals surface area contributed by atoms with E-state index in [0.29, 0.717) is 32.1 Å². The molecule has 0 radical (unpaired) electrons. The van der Waals surface area contributed by atoms with Gasteiger partial charge in [0, 0.05) is 25.3 Å². The fourth-order valence-electron chi connectivity index (χ4n) is 2.40. The minimum absolute atomic E-state index is 0.0387. The van der Waals surface area contributed by atoms with Crippen molar-refractivity contribution in [2.45, 2.75) is 31.1 Å². The largest absolute Gasteiger partial charge is 0.416 e. The summed E-state index contributed by atoms with van der Waals surface area (Å²) in [6.07, 6.45) is -3.57. The summed E-state index contributed by atoms with van der Waals surface area (Å²) < 4.78 is 57.0. The molecule has 0 unspecified atom stereocenters. The van der Waals surface area contributed by atoms with Gasteiger partial charge in [0.2, 0.25) is 0 Å². The van der Waals surface area contributed by atoms with Crippen molar-refractivity contribution in [2.75, 3.05) is 19.8 Å². The van der Waals surface area contributed by atoms with E-state index in [2.05, 4.69) is 5.32 Å². The van der Waals surface area contributed by atoms with Crippen molar-refractivity contribution in [3.05, 3.63) is 35.1 Å². The van der Waals surface area contributed by atoms with Gasteiger partial charge in [-0.25, -0.2) is 4.39 Å². The first-order chi connectivity index (χ1) is 9.86. The molecule has 1 saturated heterocycles. The zero-order valence-electron chi connectivity index (χ0n) is 11.3. The average Bonchev–Trinajstić information content (AvgIpc) is 2.46. The normalized spacial score (nSPS) is 18.7. The fraction of sp³-hybridized carbons (Fsp3) is 0.571. The molecule has 0 bridgehead atoms. The Hall–Kier alpha value is -1.18. The molecule has 1 aromatic carbocycles. The summed E-state index contributed by atoms with van der Waals surface area (Å²) in [7, 11) is 0.